The summed E-state index contributed by atoms with van der Waals surface area (Å²) in [5.41, 5.74) is 3.97. The number of benzene rings is 3. The van der Waals surface area contributed by atoms with Crippen LogP contribution < -0.4 is 5.32 Å². The average molecular weight is 374 g/mol. The topological polar surface area (TPSA) is 42.0 Å². The highest BCUT2D eigenvalue weighted by Gasteiger charge is 2.26. The third-order valence-corrected chi connectivity index (χ3v) is 6.31. The van der Waals surface area contributed by atoms with E-state index in [1.807, 2.05) is 30.5 Å². The monoisotopic (exact) mass is 374 g/mol. The van der Waals surface area contributed by atoms with Crippen molar-refractivity contribution in [3.05, 3.63) is 66.2 Å². The van der Waals surface area contributed by atoms with Crippen molar-refractivity contribution in [2.75, 3.05) is 11.6 Å². The van der Waals surface area contributed by atoms with Crippen LogP contribution in [0.1, 0.15) is 10.4 Å². The minimum atomic E-state index is -0.125. The number of fused-ring (bicyclic) bond motifs is 3. The zero-order valence-electron chi connectivity index (χ0n) is 13.9. The first-order chi connectivity index (χ1) is 12.7. The number of aromatic nitrogens is 1. The Morgan fingerprint density at radius 3 is 2.62 bits per heavy atom. The Labute approximate surface area is 159 Å². The van der Waals surface area contributed by atoms with Crippen molar-refractivity contribution in [2.24, 2.45) is 0 Å². The summed E-state index contributed by atoms with van der Waals surface area (Å²) in [6, 6.07) is 20.2. The van der Waals surface area contributed by atoms with Gasteiger partial charge in [-0.15, -0.1) is 11.8 Å². The third-order valence-electron chi connectivity index (χ3n) is 4.58. The number of rotatable bonds is 3. The van der Waals surface area contributed by atoms with E-state index in [1.54, 1.807) is 11.8 Å². The molecule has 0 fully saturated rings. The van der Waals surface area contributed by atoms with E-state index in [0.29, 0.717) is 10.7 Å². The molecule has 0 atom stereocenters. The lowest BCUT2D eigenvalue weighted by molar-refractivity contribution is 0.102. The molecule has 0 bridgehead atoms. The number of carbonyl (C=O) groups is 1. The van der Waals surface area contributed by atoms with Crippen LogP contribution in [-0.2, 0) is 0 Å². The van der Waals surface area contributed by atoms with Crippen LogP contribution in [0.5, 0.6) is 0 Å². The van der Waals surface area contributed by atoms with Gasteiger partial charge in [0, 0.05) is 21.6 Å². The number of thiazole rings is 1. The van der Waals surface area contributed by atoms with E-state index in [-0.39, 0.29) is 5.91 Å². The Balaban J connectivity index is 1.51. The van der Waals surface area contributed by atoms with Crippen molar-refractivity contribution < 1.29 is 4.79 Å². The van der Waals surface area contributed by atoms with Crippen molar-refractivity contribution >= 4 is 44.9 Å². The van der Waals surface area contributed by atoms with Gasteiger partial charge in [-0.2, -0.15) is 0 Å². The van der Waals surface area contributed by atoms with Crippen LogP contribution in [-0.4, -0.2) is 17.1 Å². The molecule has 1 N–H and O–H groups in total. The molecule has 5 heteroatoms. The SMILES string of the molecule is CSc1cccc(C(=O)Nc2nc3c(s2)-c2cccc4cccc-3c24)c1. The highest BCUT2D eigenvalue weighted by molar-refractivity contribution is 7.98. The Bertz CT molecular complexity index is 1120. The first-order valence-corrected chi connectivity index (χ1v) is 10.3. The summed E-state index contributed by atoms with van der Waals surface area (Å²) in [7, 11) is 0. The first kappa shape index (κ1) is 15.6. The van der Waals surface area contributed by atoms with Crippen LogP contribution in [0, 0.1) is 0 Å². The Morgan fingerprint density at radius 2 is 1.81 bits per heavy atom. The fourth-order valence-electron chi connectivity index (χ4n) is 3.40. The summed E-state index contributed by atoms with van der Waals surface area (Å²) in [5.74, 6) is -0.125. The van der Waals surface area contributed by atoms with E-state index < -0.39 is 0 Å². The number of anilines is 1. The summed E-state index contributed by atoms with van der Waals surface area (Å²) in [4.78, 5) is 19.5. The number of carbonyl (C=O) groups excluding carboxylic acids is 1. The Kier molecular flexibility index (Phi) is 3.58. The Hall–Kier alpha value is -2.63. The number of nitrogens with zero attached hydrogens (tertiary/aromatic N) is 1. The summed E-state index contributed by atoms with van der Waals surface area (Å²) >= 11 is 3.16. The summed E-state index contributed by atoms with van der Waals surface area (Å²) < 4.78 is 0. The molecule has 3 nitrogen and oxygen atoms in total. The van der Waals surface area contributed by atoms with Crippen molar-refractivity contribution in [1.29, 1.82) is 0 Å². The first-order valence-electron chi connectivity index (χ1n) is 8.23. The number of hydrogen-bond acceptors (Lipinski definition) is 4. The predicted molar refractivity (Wildman–Crippen MR) is 110 cm³/mol. The lowest BCUT2D eigenvalue weighted by Crippen LogP contribution is -2.11. The molecule has 0 saturated carbocycles. The lowest BCUT2D eigenvalue weighted by atomic mass is 10.0. The second kappa shape index (κ2) is 5.97. The van der Waals surface area contributed by atoms with E-state index >= 15 is 0 Å². The largest absolute Gasteiger partial charge is 0.298 e. The molecule has 0 aliphatic heterocycles. The highest BCUT2D eigenvalue weighted by Crippen LogP contribution is 2.50. The predicted octanol–water partition coefficient (Wildman–Crippen LogP) is 5.92. The van der Waals surface area contributed by atoms with Gasteiger partial charge in [-0.1, -0.05) is 53.8 Å². The van der Waals surface area contributed by atoms with E-state index in [0.717, 1.165) is 21.0 Å². The molecule has 4 aromatic rings. The average Bonchev–Trinajstić information content (AvgIpc) is 3.22. The second-order valence-electron chi connectivity index (χ2n) is 6.09. The van der Waals surface area contributed by atoms with Crippen molar-refractivity contribution in [3.63, 3.8) is 0 Å². The van der Waals surface area contributed by atoms with Gasteiger partial charge >= 0.3 is 0 Å². The van der Waals surface area contributed by atoms with Gasteiger partial charge in [-0.25, -0.2) is 4.98 Å². The van der Waals surface area contributed by atoms with Crippen LogP contribution in [0.25, 0.3) is 32.5 Å². The van der Waals surface area contributed by atoms with Crippen molar-refractivity contribution in [2.45, 2.75) is 4.90 Å². The molecule has 0 radical (unpaired) electrons. The molecule has 1 heterocycles. The molecule has 3 aromatic carbocycles. The minimum Gasteiger partial charge on any atom is -0.298 e. The zero-order chi connectivity index (χ0) is 17.7. The van der Waals surface area contributed by atoms with E-state index in [2.05, 4.69) is 41.7 Å². The number of hydrogen-bond donors (Lipinski definition) is 1. The lowest BCUT2D eigenvalue weighted by Gasteiger charge is -2.04. The van der Waals surface area contributed by atoms with Gasteiger partial charge in [0.15, 0.2) is 5.13 Å². The van der Waals surface area contributed by atoms with E-state index in [4.69, 9.17) is 4.98 Å². The van der Waals surface area contributed by atoms with Gasteiger partial charge in [0.2, 0.25) is 0 Å². The molecule has 1 aliphatic rings. The van der Waals surface area contributed by atoms with Crippen LogP contribution in [0.4, 0.5) is 5.13 Å². The second-order valence-corrected chi connectivity index (χ2v) is 7.97. The third kappa shape index (κ3) is 2.35. The van der Waals surface area contributed by atoms with Crippen LogP contribution in [0.3, 0.4) is 0 Å². The molecule has 5 rings (SSSR count). The van der Waals surface area contributed by atoms with Crippen molar-refractivity contribution in [1.82, 2.24) is 4.98 Å². The number of amides is 1. The molecular weight excluding hydrogens is 360 g/mol. The summed E-state index contributed by atoms with van der Waals surface area (Å²) in [6.07, 6.45) is 2.00. The quantitative estimate of drug-likeness (QED) is 0.399. The molecule has 1 aromatic heterocycles. The maximum absolute atomic E-state index is 12.6. The molecule has 126 valence electrons. The smallest absolute Gasteiger partial charge is 0.257 e. The standard InChI is InChI=1S/C21H14N2OS2/c1-25-14-8-2-7-13(11-14)20(24)23-21-22-18-15-9-3-5-12-6-4-10-16(17(12)15)19(18)26-21/h2-11H,1H3,(H,22,23,24). The fourth-order valence-corrected chi connectivity index (χ4v) is 4.87. The van der Waals surface area contributed by atoms with Gasteiger partial charge in [0.25, 0.3) is 5.91 Å². The molecule has 1 aliphatic carbocycles. The molecular formula is C21H14N2OS2. The highest BCUT2D eigenvalue weighted by atomic mass is 32.2. The molecule has 0 unspecified atom stereocenters. The van der Waals surface area contributed by atoms with Gasteiger partial charge < -0.3 is 0 Å². The maximum Gasteiger partial charge on any atom is 0.257 e. The minimum absolute atomic E-state index is 0.125. The fraction of sp³-hybridized carbons (Fsp3) is 0.0476. The summed E-state index contributed by atoms with van der Waals surface area (Å²) in [5, 5.41) is 6.09. The van der Waals surface area contributed by atoms with Gasteiger partial charge in [0.1, 0.15) is 0 Å². The number of thioether (sulfide) groups is 1. The normalized spacial score (nSPS) is 11.6. The van der Waals surface area contributed by atoms with Crippen LogP contribution >= 0.6 is 23.1 Å². The van der Waals surface area contributed by atoms with Gasteiger partial charge in [-0.05, 0) is 35.2 Å². The number of nitrogens with one attached hydrogen (secondary N) is 1. The molecule has 1 amide bonds. The van der Waals surface area contributed by atoms with Crippen molar-refractivity contribution in [3.8, 4) is 21.7 Å². The summed E-state index contributed by atoms with van der Waals surface area (Å²) in [6.45, 7) is 0. The molecule has 26 heavy (non-hydrogen) atoms. The van der Waals surface area contributed by atoms with Gasteiger partial charge in [0.05, 0.1) is 10.6 Å². The molecule has 0 saturated heterocycles. The van der Waals surface area contributed by atoms with Crippen LogP contribution in [0.2, 0.25) is 0 Å². The molecule has 0 spiro atoms. The zero-order valence-corrected chi connectivity index (χ0v) is 15.6. The Morgan fingerprint density at radius 1 is 1.04 bits per heavy atom. The van der Waals surface area contributed by atoms with E-state index in [1.165, 1.54) is 27.7 Å². The van der Waals surface area contributed by atoms with Gasteiger partial charge in [-0.3, -0.25) is 10.1 Å². The van der Waals surface area contributed by atoms with Crippen LogP contribution in [0.15, 0.2) is 65.6 Å². The maximum atomic E-state index is 12.6. The van der Waals surface area contributed by atoms with E-state index in [9.17, 15) is 4.79 Å².